The van der Waals surface area contributed by atoms with Gasteiger partial charge in [0.2, 0.25) is 0 Å². The van der Waals surface area contributed by atoms with Gasteiger partial charge in [0, 0.05) is 11.8 Å². The van der Waals surface area contributed by atoms with E-state index in [2.05, 4.69) is 73.1 Å². The van der Waals surface area contributed by atoms with E-state index in [1.165, 1.54) is 16.7 Å². The van der Waals surface area contributed by atoms with Gasteiger partial charge in [0.25, 0.3) is 0 Å². The molecule has 1 heteroatoms. The average molecular weight is 285 g/mol. The molecule has 0 atom stereocenters. The number of hydrogen-bond donors (Lipinski definition) is 0. The molecular formula is C21H19N. The Kier molecular flexibility index (Phi) is 3.88. The van der Waals surface area contributed by atoms with Crippen LogP contribution in [0.15, 0.2) is 73.4 Å². The predicted octanol–water partition coefficient (Wildman–Crippen LogP) is 5.76. The van der Waals surface area contributed by atoms with Crippen LogP contribution >= 0.6 is 0 Å². The lowest BCUT2D eigenvalue weighted by atomic mass is 9.94. The first-order chi connectivity index (χ1) is 10.6. The van der Waals surface area contributed by atoms with Gasteiger partial charge < -0.3 is 0 Å². The molecule has 3 aromatic rings. The van der Waals surface area contributed by atoms with Gasteiger partial charge in [0.05, 0.1) is 5.69 Å². The second-order valence-electron chi connectivity index (χ2n) is 5.63. The van der Waals surface area contributed by atoms with Gasteiger partial charge in [-0.25, -0.2) is 0 Å². The maximum atomic E-state index is 4.59. The number of allylic oxidation sites excluding steroid dienone is 1. The van der Waals surface area contributed by atoms with E-state index >= 15 is 0 Å². The Hall–Kier alpha value is -2.67. The molecule has 0 amide bonds. The first kappa shape index (κ1) is 14.3. The molecule has 0 radical (unpaired) electrons. The van der Waals surface area contributed by atoms with Crippen molar-refractivity contribution in [1.29, 1.82) is 0 Å². The molecule has 2 aromatic carbocycles. The maximum absolute atomic E-state index is 4.59. The fourth-order valence-corrected chi connectivity index (χ4v) is 2.57. The third-order valence-corrected chi connectivity index (χ3v) is 3.77. The van der Waals surface area contributed by atoms with Crippen molar-refractivity contribution in [2.75, 3.05) is 0 Å². The molecule has 1 nitrogen and oxygen atoms in total. The van der Waals surface area contributed by atoms with Crippen LogP contribution in [0.5, 0.6) is 0 Å². The largest absolute Gasteiger partial charge is 0.256 e. The van der Waals surface area contributed by atoms with Crippen molar-refractivity contribution in [2.45, 2.75) is 13.8 Å². The molecule has 0 spiro atoms. The topological polar surface area (TPSA) is 12.9 Å². The van der Waals surface area contributed by atoms with Gasteiger partial charge >= 0.3 is 0 Å². The molecule has 1 aromatic heterocycles. The van der Waals surface area contributed by atoms with Gasteiger partial charge in [0.15, 0.2) is 0 Å². The molecule has 0 bridgehead atoms. The summed E-state index contributed by atoms with van der Waals surface area (Å²) >= 11 is 0. The standard InChI is InChI=1S/C21H19N/c1-15(2)19-11-10-18(17-7-5-4-6-8-17)13-20(19)21-12-9-16(3)14-22-21/h4-14H,1H2,2-3H3. The molecule has 1 heterocycles. The van der Waals surface area contributed by atoms with E-state index in [0.717, 1.165) is 22.4 Å². The zero-order valence-electron chi connectivity index (χ0n) is 13.0. The van der Waals surface area contributed by atoms with Gasteiger partial charge in [0.1, 0.15) is 0 Å². The fraction of sp³-hybridized carbons (Fsp3) is 0.0952. The van der Waals surface area contributed by atoms with E-state index in [4.69, 9.17) is 0 Å². The SMILES string of the molecule is C=C(C)c1ccc(-c2ccccc2)cc1-c1ccc(C)cn1. The molecule has 0 aliphatic heterocycles. The minimum Gasteiger partial charge on any atom is -0.256 e. The highest BCUT2D eigenvalue weighted by molar-refractivity contribution is 5.82. The smallest absolute Gasteiger partial charge is 0.0708 e. The van der Waals surface area contributed by atoms with Gasteiger partial charge in [-0.2, -0.15) is 0 Å². The summed E-state index contributed by atoms with van der Waals surface area (Å²) in [4.78, 5) is 4.59. The second kappa shape index (κ2) is 5.98. The van der Waals surface area contributed by atoms with Gasteiger partial charge in [-0.15, -0.1) is 0 Å². The summed E-state index contributed by atoms with van der Waals surface area (Å²) in [6.45, 7) is 8.19. The molecule has 3 rings (SSSR count). The van der Waals surface area contributed by atoms with E-state index in [0.29, 0.717) is 0 Å². The summed E-state index contributed by atoms with van der Waals surface area (Å²) in [5, 5.41) is 0. The van der Waals surface area contributed by atoms with E-state index in [9.17, 15) is 0 Å². The van der Waals surface area contributed by atoms with Crippen molar-refractivity contribution in [3.05, 3.63) is 84.6 Å². The van der Waals surface area contributed by atoms with Crippen LogP contribution in [-0.2, 0) is 0 Å². The summed E-state index contributed by atoms with van der Waals surface area (Å²) in [7, 11) is 0. The van der Waals surface area contributed by atoms with Crippen molar-refractivity contribution in [3.8, 4) is 22.4 Å². The van der Waals surface area contributed by atoms with Crippen LogP contribution in [-0.4, -0.2) is 4.98 Å². The molecule has 0 fully saturated rings. The summed E-state index contributed by atoms with van der Waals surface area (Å²) in [5.74, 6) is 0. The minimum absolute atomic E-state index is 0.987. The number of hydrogen-bond acceptors (Lipinski definition) is 1. The third kappa shape index (κ3) is 2.84. The minimum atomic E-state index is 0.987. The monoisotopic (exact) mass is 285 g/mol. The van der Waals surface area contributed by atoms with Crippen molar-refractivity contribution < 1.29 is 0 Å². The number of pyridine rings is 1. The summed E-state index contributed by atoms with van der Waals surface area (Å²) in [5.41, 5.74) is 7.90. The summed E-state index contributed by atoms with van der Waals surface area (Å²) in [6.07, 6.45) is 1.91. The Morgan fingerprint density at radius 3 is 2.32 bits per heavy atom. The zero-order valence-corrected chi connectivity index (χ0v) is 13.0. The van der Waals surface area contributed by atoms with Crippen molar-refractivity contribution >= 4 is 5.57 Å². The lowest BCUT2D eigenvalue weighted by Crippen LogP contribution is -1.91. The van der Waals surface area contributed by atoms with Crippen LogP contribution in [0.25, 0.3) is 28.0 Å². The number of aryl methyl sites for hydroxylation is 1. The Morgan fingerprint density at radius 1 is 0.909 bits per heavy atom. The zero-order chi connectivity index (χ0) is 15.5. The second-order valence-corrected chi connectivity index (χ2v) is 5.63. The number of rotatable bonds is 3. The first-order valence-electron chi connectivity index (χ1n) is 7.43. The van der Waals surface area contributed by atoms with Gasteiger partial charge in [-0.1, -0.05) is 60.7 Å². The Balaban J connectivity index is 2.17. The van der Waals surface area contributed by atoms with Crippen LogP contribution in [0.1, 0.15) is 18.1 Å². The van der Waals surface area contributed by atoms with E-state index in [1.54, 1.807) is 0 Å². The van der Waals surface area contributed by atoms with Gasteiger partial charge in [-0.05, 0) is 48.2 Å². The number of nitrogens with zero attached hydrogens (tertiary/aromatic N) is 1. The van der Waals surface area contributed by atoms with Crippen molar-refractivity contribution in [3.63, 3.8) is 0 Å². The van der Waals surface area contributed by atoms with E-state index in [1.807, 2.05) is 19.2 Å². The van der Waals surface area contributed by atoms with E-state index in [-0.39, 0.29) is 0 Å². The van der Waals surface area contributed by atoms with Crippen LogP contribution < -0.4 is 0 Å². The highest BCUT2D eigenvalue weighted by Gasteiger charge is 2.09. The Morgan fingerprint density at radius 2 is 1.68 bits per heavy atom. The van der Waals surface area contributed by atoms with Crippen LogP contribution in [0.3, 0.4) is 0 Å². The van der Waals surface area contributed by atoms with E-state index < -0.39 is 0 Å². The van der Waals surface area contributed by atoms with Crippen LogP contribution in [0, 0.1) is 6.92 Å². The lowest BCUT2D eigenvalue weighted by Gasteiger charge is -2.12. The average Bonchev–Trinajstić information content (AvgIpc) is 2.56. The Labute approximate surface area is 132 Å². The lowest BCUT2D eigenvalue weighted by molar-refractivity contribution is 1.27. The molecule has 0 saturated carbocycles. The molecular weight excluding hydrogens is 266 g/mol. The van der Waals surface area contributed by atoms with Crippen LogP contribution in [0.4, 0.5) is 0 Å². The number of benzene rings is 2. The normalized spacial score (nSPS) is 10.5. The molecule has 0 N–H and O–H groups in total. The van der Waals surface area contributed by atoms with Crippen LogP contribution in [0.2, 0.25) is 0 Å². The summed E-state index contributed by atoms with van der Waals surface area (Å²) in [6, 6.07) is 21.1. The Bertz CT molecular complexity index is 799. The summed E-state index contributed by atoms with van der Waals surface area (Å²) < 4.78 is 0. The predicted molar refractivity (Wildman–Crippen MR) is 94.6 cm³/mol. The third-order valence-electron chi connectivity index (χ3n) is 3.77. The fourth-order valence-electron chi connectivity index (χ4n) is 2.57. The quantitative estimate of drug-likeness (QED) is 0.596. The molecule has 0 aliphatic carbocycles. The molecule has 22 heavy (non-hydrogen) atoms. The molecule has 0 unspecified atom stereocenters. The molecule has 108 valence electrons. The highest BCUT2D eigenvalue weighted by Crippen LogP contribution is 2.31. The van der Waals surface area contributed by atoms with Crippen molar-refractivity contribution in [1.82, 2.24) is 4.98 Å². The molecule has 0 aliphatic rings. The maximum Gasteiger partial charge on any atom is 0.0708 e. The van der Waals surface area contributed by atoms with Gasteiger partial charge in [-0.3, -0.25) is 4.98 Å². The number of aromatic nitrogens is 1. The van der Waals surface area contributed by atoms with Crippen molar-refractivity contribution in [2.24, 2.45) is 0 Å². The molecule has 0 saturated heterocycles. The highest BCUT2D eigenvalue weighted by atomic mass is 14.7. The first-order valence-corrected chi connectivity index (χ1v) is 7.43.